The summed E-state index contributed by atoms with van der Waals surface area (Å²) >= 11 is 0. The molecule has 1 aromatic rings. The smallest absolute Gasteiger partial charge is 0.321 e. The van der Waals surface area contributed by atoms with Gasteiger partial charge < -0.3 is 16.0 Å². The summed E-state index contributed by atoms with van der Waals surface area (Å²) in [4.78, 5) is 14.2. The highest BCUT2D eigenvalue weighted by Gasteiger charge is 2.24. The molecule has 0 bridgehead atoms. The zero-order valence-electron chi connectivity index (χ0n) is 13.3. The maximum Gasteiger partial charge on any atom is 0.321 e. The van der Waals surface area contributed by atoms with Crippen LogP contribution in [-0.2, 0) is 0 Å². The van der Waals surface area contributed by atoms with Gasteiger partial charge in [0.1, 0.15) is 0 Å². The Morgan fingerprint density at radius 2 is 2.00 bits per heavy atom. The van der Waals surface area contributed by atoms with Gasteiger partial charge in [0.05, 0.1) is 0 Å². The van der Waals surface area contributed by atoms with E-state index in [4.69, 9.17) is 5.73 Å². The number of nitrogens with two attached hydrogens (primary N) is 1. The lowest BCUT2D eigenvalue weighted by Gasteiger charge is -2.33. The fourth-order valence-corrected chi connectivity index (χ4v) is 2.91. The zero-order chi connectivity index (χ0) is 15.4. The van der Waals surface area contributed by atoms with Crippen LogP contribution in [0.2, 0.25) is 0 Å². The first kappa shape index (κ1) is 15.8. The molecular weight excluding hydrogens is 262 g/mol. The van der Waals surface area contributed by atoms with Gasteiger partial charge >= 0.3 is 6.03 Å². The van der Waals surface area contributed by atoms with Gasteiger partial charge in [0.2, 0.25) is 0 Å². The average molecular weight is 289 g/mol. The molecule has 0 heterocycles. The van der Waals surface area contributed by atoms with E-state index in [9.17, 15) is 4.79 Å². The minimum absolute atomic E-state index is 0.0283. The Kier molecular flexibility index (Phi) is 5.23. The molecule has 2 rings (SSSR count). The summed E-state index contributed by atoms with van der Waals surface area (Å²) < 4.78 is 0. The van der Waals surface area contributed by atoms with Crippen LogP contribution in [-0.4, -0.2) is 24.0 Å². The first-order chi connectivity index (χ1) is 9.97. The average Bonchev–Trinajstić information content (AvgIpc) is 2.47. The summed E-state index contributed by atoms with van der Waals surface area (Å²) in [6.45, 7) is 4.23. The minimum Gasteiger partial charge on any atom is -0.325 e. The third-order valence-electron chi connectivity index (χ3n) is 4.52. The molecule has 1 aromatic carbocycles. The van der Waals surface area contributed by atoms with Crippen LogP contribution in [0.3, 0.4) is 0 Å². The number of carbonyl (C=O) groups excluding carboxylic acids is 1. The highest BCUT2D eigenvalue weighted by atomic mass is 16.2. The lowest BCUT2D eigenvalue weighted by Crippen LogP contribution is -2.41. The minimum atomic E-state index is -0.0311. The van der Waals surface area contributed by atoms with E-state index >= 15 is 0 Å². The molecule has 3 N–H and O–H groups in total. The van der Waals surface area contributed by atoms with Gasteiger partial charge in [-0.3, -0.25) is 0 Å². The molecule has 1 fully saturated rings. The Bertz CT molecular complexity index is 479. The molecule has 1 atom stereocenters. The predicted octanol–water partition coefficient (Wildman–Crippen LogP) is 3.75. The van der Waals surface area contributed by atoms with Crippen LogP contribution in [0.15, 0.2) is 24.3 Å². The van der Waals surface area contributed by atoms with Gasteiger partial charge in [0, 0.05) is 24.8 Å². The number of benzene rings is 1. The van der Waals surface area contributed by atoms with Crippen molar-refractivity contribution >= 4 is 11.7 Å². The van der Waals surface area contributed by atoms with Gasteiger partial charge in [0.25, 0.3) is 0 Å². The van der Waals surface area contributed by atoms with Crippen LogP contribution in [0.5, 0.6) is 0 Å². The Balaban J connectivity index is 1.96. The van der Waals surface area contributed by atoms with E-state index in [2.05, 4.69) is 12.2 Å². The SMILES string of the molecule is CC1CCC(N(C)C(=O)Nc2cccc(C(C)N)c2)CC1. The molecule has 0 radical (unpaired) electrons. The molecule has 0 aliphatic heterocycles. The number of urea groups is 1. The number of hydrogen-bond donors (Lipinski definition) is 2. The molecule has 1 saturated carbocycles. The number of hydrogen-bond acceptors (Lipinski definition) is 2. The second-order valence-corrected chi connectivity index (χ2v) is 6.37. The highest BCUT2D eigenvalue weighted by Crippen LogP contribution is 2.27. The molecule has 0 aromatic heterocycles. The molecular formula is C17H27N3O. The van der Waals surface area contributed by atoms with Crippen molar-refractivity contribution in [2.24, 2.45) is 11.7 Å². The molecule has 4 heteroatoms. The Labute approximate surface area is 127 Å². The summed E-state index contributed by atoms with van der Waals surface area (Å²) in [5.41, 5.74) is 7.72. The number of nitrogens with one attached hydrogen (secondary N) is 1. The first-order valence-electron chi connectivity index (χ1n) is 7.86. The quantitative estimate of drug-likeness (QED) is 0.890. The van der Waals surface area contributed by atoms with Crippen LogP contribution >= 0.6 is 0 Å². The van der Waals surface area contributed by atoms with Gasteiger partial charge in [-0.1, -0.05) is 19.1 Å². The van der Waals surface area contributed by atoms with Crippen LogP contribution < -0.4 is 11.1 Å². The van der Waals surface area contributed by atoms with Crippen LogP contribution in [0.25, 0.3) is 0 Å². The summed E-state index contributed by atoms with van der Waals surface area (Å²) in [7, 11) is 1.89. The van der Waals surface area contributed by atoms with Crippen molar-refractivity contribution in [2.75, 3.05) is 12.4 Å². The van der Waals surface area contributed by atoms with Gasteiger partial charge in [-0.05, 0) is 56.2 Å². The topological polar surface area (TPSA) is 58.4 Å². The van der Waals surface area contributed by atoms with Gasteiger partial charge in [-0.2, -0.15) is 0 Å². The van der Waals surface area contributed by atoms with E-state index in [1.807, 2.05) is 43.1 Å². The van der Waals surface area contributed by atoms with E-state index in [0.717, 1.165) is 30.0 Å². The summed E-state index contributed by atoms with van der Waals surface area (Å²) in [6, 6.07) is 8.05. The third-order valence-corrected chi connectivity index (χ3v) is 4.52. The van der Waals surface area contributed by atoms with E-state index < -0.39 is 0 Å². The normalized spacial score (nSPS) is 23.4. The zero-order valence-corrected chi connectivity index (χ0v) is 13.3. The van der Waals surface area contributed by atoms with Crippen molar-refractivity contribution in [3.05, 3.63) is 29.8 Å². The van der Waals surface area contributed by atoms with Crippen molar-refractivity contribution in [3.63, 3.8) is 0 Å². The molecule has 0 saturated heterocycles. The van der Waals surface area contributed by atoms with E-state index in [1.165, 1.54) is 12.8 Å². The maximum atomic E-state index is 12.4. The second-order valence-electron chi connectivity index (χ2n) is 6.37. The molecule has 2 amide bonds. The lowest BCUT2D eigenvalue weighted by molar-refractivity contribution is 0.175. The number of carbonyl (C=O) groups is 1. The van der Waals surface area contributed by atoms with Crippen molar-refractivity contribution in [3.8, 4) is 0 Å². The summed E-state index contributed by atoms with van der Waals surface area (Å²) in [5, 5.41) is 2.98. The van der Waals surface area contributed by atoms with E-state index in [-0.39, 0.29) is 12.1 Å². The van der Waals surface area contributed by atoms with Crippen LogP contribution in [0.4, 0.5) is 10.5 Å². The molecule has 21 heavy (non-hydrogen) atoms. The largest absolute Gasteiger partial charge is 0.325 e. The van der Waals surface area contributed by atoms with Crippen molar-refractivity contribution in [1.82, 2.24) is 4.90 Å². The standard InChI is InChI=1S/C17H27N3O/c1-12-7-9-16(10-8-12)20(3)17(21)19-15-6-4-5-14(11-15)13(2)18/h4-6,11-13,16H,7-10,18H2,1-3H3,(H,19,21). The Hall–Kier alpha value is -1.55. The molecule has 0 spiro atoms. The van der Waals surface area contributed by atoms with Gasteiger partial charge in [-0.25, -0.2) is 4.79 Å². The predicted molar refractivity (Wildman–Crippen MR) is 87.2 cm³/mol. The van der Waals surface area contributed by atoms with E-state index in [1.54, 1.807) is 0 Å². The third kappa shape index (κ3) is 4.21. The van der Waals surface area contributed by atoms with Crippen molar-refractivity contribution in [2.45, 2.75) is 51.6 Å². The number of amides is 2. The Morgan fingerprint density at radius 3 is 2.62 bits per heavy atom. The Morgan fingerprint density at radius 1 is 1.33 bits per heavy atom. The molecule has 4 nitrogen and oxygen atoms in total. The fourth-order valence-electron chi connectivity index (χ4n) is 2.91. The number of anilines is 1. The molecule has 1 aliphatic rings. The van der Waals surface area contributed by atoms with Crippen LogP contribution in [0, 0.1) is 5.92 Å². The highest BCUT2D eigenvalue weighted by molar-refractivity contribution is 5.89. The second kappa shape index (κ2) is 6.94. The monoisotopic (exact) mass is 289 g/mol. The maximum absolute atomic E-state index is 12.4. The number of nitrogens with zero attached hydrogens (tertiary/aromatic N) is 1. The lowest BCUT2D eigenvalue weighted by atomic mass is 9.87. The van der Waals surface area contributed by atoms with Crippen molar-refractivity contribution < 1.29 is 4.79 Å². The molecule has 1 aliphatic carbocycles. The fraction of sp³-hybridized carbons (Fsp3) is 0.588. The van der Waals surface area contributed by atoms with Crippen LogP contribution in [0.1, 0.15) is 51.1 Å². The molecule has 116 valence electrons. The van der Waals surface area contributed by atoms with Gasteiger partial charge in [-0.15, -0.1) is 0 Å². The van der Waals surface area contributed by atoms with E-state index in [0.29, 0.717) is 6.04 Å². The first-order valence-corrected chi connectivity index (χ1v) is 7.86. The summed E-state index contributed by atoms with van der Waals surface area (Å²) in [5.74, 6) is 0.792. The molecule has 1 unspecified atom stereocenters. The van der Waals surface area contributed by atoms with Gasteiger partial charge in [0.15, 0.2) is 0 Å². The number of rotatable bonds is 3. The van der Waals surface area contributed by atoms with Crippen molar-refractivity contribution in [1.29, 1.82) is 0 Å². The summed E-state index contributed by atoms with van der Waals surface area (Å²) in [6.07, 6.45) is 4.63.